The molecule has 1 unspecified atom stereocenters. The molecule has 0 aliphatic heterocycles. The van der Waals surface area contributed by atoms with E-state index in [1.54, 1.807) is 18.6 Å². The monoisotopic (exact) mass is 239 g/mol. The lowest BCUT2D eigenvalue weighted by atomic mass is 10.1. The Morgan fingerprint density at radius 2 is 2.11 bits per heavy atom. The van der Waals surface area contributed by atoms with Gasteiger partial charge in [0, 0.05) is 17.8 Å². The topological polar surface area (TPSA) is 64.9 Å². The predicted octanol–water partition coefficient (Wildman–Crippen LogP) is 2.58. The van der Waals surface area contributed by atoms with Crippen LogP contribution in [0.2, 0.25) is 0 Å². The van der Waals surface area contributed by atoms with Crippen LogP contribution in [-0.4, -0.2) is 9.97 Å². The maximum atomic E-state index is 6.12. The average Bonchev–Trinajstić information content (AvgIpc) is 2.81. The van der Waals surface area contributed by atoms with E-state index >= 15 is 0 Å². The summed E-state index contributed by atoms with van der Waals surface area (Å²) in [5, 5.41) is 1.06. The van der Waals surface area contributed by atoms with E-state index < -0.39 is 0 Å². The summed E-state index contributed by atoms with van der Waals surface area (Å²) in [7, 11) is 0. The molecule has 18 heavy (non-hydrogen) atoms. The van der Waals surface area contributed by atoms with Gasteiger partial charge < -0.3 is 10.2 Å². The molecule has 2 heterocycles. The Hall–Kier alpha value is -2.20. The normalized spacial score (nSPS) is 12.8. The van der Waals surface area contributed by atoms with Gasteiger partial charge in [-0.1, -0.05) is 11.6 Å². The Balaban J connectivity index is 2.04. The molecular weight excluding hydrogens is 226 g/mol. The molecular formula is C14H13N3O. The molecule has 4 heteroatoms. The standard InChI is InChI=1S/C14H13N3O/c1-9-2-3-12-10(6-9)7-13(18-12)14(15)11-8-16-4-5-17-11/h2-8,14H,15H2,1H3. The third-order valence-electron chi connectivity index (χ3n) is 2.90. The number of aromatic nitrogens is 2. The third kappa shape index (κ3) is 1.87. The molecule has 0 aliphatic carbocycles. The lowest BCUT2D eigenvalue weighted by Gasteiger charge is -2.06. The second-order valence-electron chi connectivity index (χ2n) is 4.30. The van der Waals surface area contributed by atoms with E-state index in [2.05, 4.69) is 23.0 Å². The Bertz CT molecular complexity index is 676. The largest absolute Gasteiger partial charge is 0.459 e. The number of nitrogens with zero attached hydrogens (tertiary/aromatic N) is 2. The van der Waals surface area contributed by atoms with Gasteiger partial charge in [-0.05, 0) is 25.1 Å². The maximum Gasteiger partial charge on any atom is 0.134 e. The summed E-state index contributed by atoms with van der Waals surface area (Å²) in [6.07, 6.45) is 4.91. The molecule has 2 N–H and O–H groups in total. The molecule has 2 aromatic heterocycles. The van der Waals surface area contributed by atoms with Crippen LogP contribution in [0.3, 0.4) is 0 Å². The Morgan fingerprint density at radius 3 is 2.89 bits per heavy atom. The van der Waals surface area contributed by atoms with Crippen LogP contribution < -0.4 is 5.73 Å². The highest BCUT2D eigenvalue weighted by atomic mass is 16.3. The molecule has 0 radical (unpaired) electrons. The van der Waals surface area contributed by atoms with Gasteiger partial charge in [-0.2, -0.15) is 0 Å². The van der Waals surface area contributed by atoms with Crippen molar-refractivity contribution in [1.82, 2.24) is 9.97 Å². The van der Waals surface area contributed by atoms with Gasteiger partial charge in [0.25, 0.3) is 0 Å². The first-order valence-electron chi connectivity index (χ1n) is 5.75. The Labute approximate surface area is 104 Å². The number of rotatable bonds is 2. The van der Waals surface area contributed by atoms with E-state index in [-0.39, 0.29) is 6.04 Å². The third-order valence-corrected chi connectivity index (χ3v) is 2.90. The van der Waals surface area contributed by atoms with Gasteiger partial charge in [-0.25, -0.2) is 0 Å². The van der Waals surface area contributed by atoms with Gasteiger partial charge in [-0.3, -0.25) is 9.97 Å². The van der Waals surface area contributed by atoms with E-state index in [4.69, 9.17) is 10.2 Å². The van der Waals surface area contributed by atoms with Gasteiger partial charge in [-0.15, -0.1) is 0 Å². The molecule has 90 valence electrons. The number of nitrogens with two attached hydrogens (primary N) is 1. The molecule has 0 fully saturated rings. The minimum Gasteiger partial charge on any atom is -0.459 e. The van der Waals surface area contributed by atoms with Crippen molar-refractivity contribution in [3.8, 4) is 0 Å². The van der Waals surface area contributed by atoms with E-state index in [1.807, 2.05) is 18.2 Å². The van der Waals surface area contributed by atoms with Crippen molar-refractivity contribution in [1.29, 1.82) is 0 Å². The summed E-state index contributed by atoms with van der Waals surface area (Å²) >= 11 is 0. The molecule has 0 bridgehead atoms. The predicted molar refractivity (Wildman–Crippen MR) is 69.0 cm³/mol. The smallest absolute Gasteiger partial charge is 0.134 e. The number of hydrogen-bond donors (Lipinski definition) is 1. The number of hydrogen-bond acceptors (Lipinski definition) is 4. The number of benzene rings is 1. The van der Waals surface area contributed by atoms with Gasteiger partial charge in [0.2, 0.25) is 0 Å². The van der Waals surface area contributed by atoms with Crippen LogP contribution in [0.5, 0.6) is 0 Å². The van der Waals surface area contributed by atoms with Crippen molar-refractivity contribution in [2.45, 2.75) is 13.0 Å². The summed E-state index contributed by atoms with van der Waals surface area (Å²) in [4.78, 5) is 8.21. The minimum atomic E-state index is -0.383. The van der Waals surface area contributed by atoms with Crippen molar-refractivity contribution in [2.75, 3.05) is 0 Å². The molecule has 4 nitrogen and oxygen atoms in total. The van der Waals surface area contributed by atoms with Crippen LogP contribution in [0.1, 0.15) is 23.1 Å². The first-order valence-corrected chi connectivity index (χ1v) is 5.75. The summed E-state index contributed by atoms with van der Waals surface area (Å²) in [6.45, 7) is 2.05. The first-order chi connectivity index (χ1) is 8.74. The first kappa shape index (κ1) is 10.9. The highest BCUT2D eigenvalue weighted by molar-refractivity contribution is 5.78. The molecule has 0 saturated carbocycles. The quantitative estimate of drug-likeness (QED) is 0.746. The number of furan rings is 1. The molecule has 0 spiro atoms. The van der Waals surface area contributed by atoms with Gasteiger partial charge in [0.05, 0.1) is 11.9 Å². The van der Waals surface area contributed by atoms with Crippen molar-refractivity contribution in [3.05, 3.63) is 59.9 Å². The molecule has 0 aliphatic rings. The van der Waals surface area contributed by atoms with E-state index in [0.717, 1.165) is 11.0 Å². The zero-order valence-corrected chi connectivity index (χ0v) is 10.00. The molecule has 1 atom stereocenters. The summed E-state index contributed by atoms with van der Waals surface area (Å²) < 4.78 is 5.75. The van der Waals surface area contributed by atoms with Gasteiger partial charge in [0.15, 0.2) is 0 Å². The minimum absolute atomic E-state index is 0.383. The number of fused-ring (bicyclic) bond motifs is 1. The zero-order chi connectivity index (χ0) is 12.5. The van der Waals surface area contributed by atoms with Crippen LogP contribution in [0, 0.1) is 6.92 Å². The second-order valence-corrected chi connectivity index (χ2v) is 4.30. The fourth-order valence-corrected chi connectivity index (χ4v) is 1.95. The lowest BCUT2D eigenvalue weighted by molar-refractivity contribution is 0.520. The van der Waals surface area contributed by atoms with E-state index in [0.29, 0.717) is 11.5 Å². The highest BCUT2D eigenvalue weighted by Crippen LogP contribution is 2.26. The number of aryl methyl sites for hydroxylation is 1. The van der Waals surface area contributed by atoms with Crippen molar-refractivity contribution < 1.29 is 4.42 Å². The van der Waals surface area contributed by atoms with Crippen molar-refractivity contribution in [3.63, 3.8) is 0 Å². The van der Waals surface area contributed by atoms with Crippen LogP contribution in [0.4, 0.5) is 0 Å². The SMILES string of the molecule is Cc1ccc2oc(C(N)c3cnccn3)cc2c1. The summed E-state index contributed by atoms with van der Waals surface area (Å²) in [5.41, 5.74) is 8.86. The summed E-state index contributed by atoms with van der Waals surface area (Å²) in [5.74, 6) is 0.705. The zero-order valence-electron chi connectivity index (χ0n) is 10.00. The van der Waals surface area contributed by atoms with Gasteiger partial charge >= 0.3 is 0 Å². The molecule has 3 rings (SSSR count). The van der Waals surface area contributed by atoms with E-state index in [1.165, 1.54) is 5.56 Å². The van der Waals surface area contributed by atoms with Crippen LogP contribution in [0.25, 0.3) is 11.0 Å². The fourth-order valence-electron chi connectivity index (χ4n) is 1.95. The molecule has 0 amide bonds. The fraction of sp³-hybridized carbons (Fsp3) is 0.143. The Kier molecular flexibility index (Phi) is 2.57. The average molecular weight is 239 g/mol. The molecule has 3 aromatic rings. The van der Waals surface area contributed by atoms with Crippen LogP contribution in [0.15, 0.2) is 47.3 Å². The lowest BCUT2D eigenvalue weighted by Crippen LogP contribution is -2.12. The van der Waals surface area contributed by atoms with Crippen molar-refractivity contribution >= 4 is 11.0 Å². The Morgan fingerprint density at radius 1 is 1.22 bits per heavy atom. The molecule has 1 aromatic carbocycles. The molecule has 0 saturated heterocycles. The highest BCUT2D eigenvalue weighted by Gasteiger charge is 2.15. The van der Waals surface area contributed by atoms with E-state index in [9.17, 15) is 0 Å². The maximum absolute atomic E-state index is 6.12. The van der Waals surface area contributed by atoms with Gasteiger partial charge in [0.1, 0.15) is 17.4 Å². The van der Waals surface area contributed by atoms with Crippen LogP contribution >= 0.6 is 0 Å². The van der Waals surface area contributed by atoms with Crippen LogP contribution in [-0.2, 0) is 0 Å². The van der Waals surface area contributed by atoms with Crippen molar-refractivity contribution in [2.24, 2.45) is 5.73 Å². The second kappa shape index (κ2) is 4.23. The summed E-state index contributed by atoms with van der Waals surface area (Å²) in [6, 6.07) is 7.63.